The number of fused-ring (bicyclic) bond motifs is 1. The van der Waals surface area contributed by atoms with Gasteiger partial charge < -0.3 is 9.47 Å². The number of hydrogen-bond acceptors (Lipinski definition) is 2. The van der Waals surface area contributed by atoms with E-state index in [1.165, 1.54) is 24.5 Å². The molecule has 1 aliphatic rings. The fourth-order valence-electron chi connectivity index (χ4n) is 4.01. The molecule has 1 fully saturated rings. The number of halogens is 4. The number of aromatic nitrogens is 2. The van der Waals surface area contributed by atoms with Gasteiger partial charge in [0.15, 0.2) is 0 Å². The van der Waals surface area contributed by atoms with Crippen LogP contribution in [0.15, 0.2) is 48.9 Å². The van der Waals surface area contributed by atoms with Crippen molar-refractivity contribution in [3.63, 3.8) is 0 Å². The van der Waals surface area contributed by atoms with E-state index in [0.29, 0.717) is 17.8 Å². The lowest BCUT2D eigenvalue weighted by Crippen LogP contribution is -2.40. The fraction of sp³-hybridized carbons (Fsp3) is 0.350. The summed E-state index contributed by atoms with van der Waals surface area (Å²) < 4.78 is 55.3. The fourth-order valence-corrected chi connectivity index (χ4v) is 4.01. The topological polar surface area (TPSA) is 21.1 Å². The van der Waals surface area contributed by atoms with E-state index in [2.05, 4.69) is 16.8 Å². The lowest BCUT2D eigenvalue weighted by molar-refractivity contribution is -0.136. The van der Waals surface area contributed by atoms with Crippen molar-refractivity contribution in [2.24, 2.45) is 5.92 Å². The quantitative estimate of drug-likeness (QED) is 0.567. The minimum atomic E-state index is -4.45. The molecule has 27 heavy (non-hydrogen) atoms. The van der Waals surface area contributed by atoms with Gasteiger partial charge in [-0.05, 0) is 42.7 Å². The number of piperidine rings is 1. The molecule has 3 heterocycles. The number of benzene rings is 1. The second kappa shape index (κ2) is 6.55. The van der Waals surface area contributed by atoms with Crippen molar-refractivity contribution in [1.82, 2.24) is 9.55 Å². The average molecular weight is 377 g/mol. The summed E-state index contributed by atoms with van der Waals surface area (Å²) in [5, 5.41) is 0.485. The van der Waals surface area contributed by atoms with Gasteiger partial charge in [0.05, 0.1) is 17.1 Å². The van der Waals surface area contributed by atoms with E-state index in [1.807, 2.05) is 4.57 Å². The molecule has 4 rings (SSSR count). The molecule has 0 aliphatic carbocycles. The van der Waals surface area contributed by atoms with Crippen LogP contribution in [0.1, 0.15) is 24.9 Å². The van der Waals surface area contributed by atoms with E-state index in [0.717, 1.165) is 24.7 Å². The summed E-state index contributed by atoms with van der Waals surface area (Å²) in [5.74, 6) is 0.0344. The molecule has 3 nitrogen and oxygen atoms in total. The minimum absolute atomic E-state index is 0.0377. The molecule has 142 valence electrons. The molecule has 0 unspecified atom stereocenters. The second-order valence-electron chi connectivity index (χ2n) is 7.21. The largest absolute Gasteiger partial charge is 0.418 e. The molecule has 0 amide bonds. The Hall–Kier alpha value is -2.57. The third kappa shape index (κ3) is 3.38. The van der Waals surface area contributed by atoms with E-state index in [4.69, 9.17) is 0 Å². The van der Waals surface area contributed by atoms with Crippen LogP contribution in [-0.4, -0.2) is 22.6 Å². The lowest BCUT2D eigenvalue weighted by atomic mass is 9.94. The Morgan fingerprint density at radius 1 is 1.11 bits per heavy atom. The maximum atomic E-state index is 13.4. The van der Waals surface area contributed by atoms with Crippen LogP contribution in [0.3, 0.4) is 0 Å². The highest BCUT2D eigenvalue weighted by Crippen LogP contribution is 2.39. The Kier molecular flexibility index (Phi) is 4.32. The highest BCUT2D eigenvalue weighted by molar-refractivity contribution is 5.94. The number of rotatable bonds is 2. The van der Waals surface area contributed by atoms with E-state index in [1.54, 1.807) is 18.3 Å². The predicted octanol–water partition coefficient (Wildman–Crippen LogP) is 5.28. The SMILES string of the molecule is C[C@H]1C[C@@H](n2ccc(F)c2)CN(c2ccc(C(F)(F)F)c3ncccc23)C1. The van der Waals surface area contributed by atoms with Crippen LogP contribution in [0, 0.1) is 11.7 Å². The number of alkyl halides is 3. The summed E-state index contributed by atoms with van der Waals surface area (Å²) in [7, 11) is 0. The molecule has 1 aliphatic heterocycles. The van der Waals surface area contributed by atoms with Crippen LogP contribution in [0.2, 0.25) is 0 Å². The smallest absolute Gasteiger partial charge is 0.369 e. The maximum Gasteiger partial charge on any atom is 0.418 e. The minimum Gasteiger partial charge on any atom is -0.369 e. The van der Waals surface area contributed by atoms with Gasteiger partial charge in [0.1, 0.15) is 5.82 Å². The van der Waals surface area contributed by atoms with Gasteiger partial charge in [0.2, 0.25) is 0 Å². The summed E-state index contributed by atoms with van der Waals surface area (Å²) in [6.07, 6.45) is 0.995. The Labute approximate surface area is 154 Å². The molecule has 2 aromatic heterocycles. The molecule has 3 aromatic rings. The average Bonchev–Trinajstić information content (AvgIpc) is 3.06. The Bertz CT molecular complexity index is 963. The van der Waals surface area contributed by atoms with Gasteiger partial charge in [0, 0.05) is 42.8 Å². The molecular weight excluding hydrogens is 358 g/mol. The van der Waals surface area contributed by atoms with Crippen molar-refractivity contribution >= 4 is 16.6 Å². The summed E-state index contributed by atoms with van der Waals surface area (Å²) in [6, 6.07) is 7.44. The zero-order chi connectivity index (χ0) is 19.2. The van der Waals surface area contributed by atoms with Crippen LogP contribution in [0.4, 0.5) is 23.2 Å². The second-order valence-corrected chi connectivity index (χ2v) is 7.21. The van der Waals surface area contributed by atoms with E-state index in [-0.39, 0.29) is 17.4 Å². The van der Waals surface area contributed by atoms with Crippen molar-refractivity contribution in [2.75, 3.05) is 18.0 Å². The third-order valence-electron chi connectivity index (χ3n) is 5.13. The first-order valence-corrected chi connectivity index (χ1v) is 8.86. The first kappa shape index (κ1) is 17.8. The van der Waals surface area contributed by atoms with Crippen molar-refractivity contribution in [2.45, 2.75) is 25.6 Å². The number of pyridine rings is 1. The lowest BCUT2D eigenvalue weighted by Gasteiger charge is -2.39. The van der Waals surface area contributed by atoms with Crippen LogP contribution in [0.25, 0.3) is 10.9 Å². The van der Waals surface area contributed by atoms with Crippen molar-refractivity contribution < 1.29 is 17.6 Å². The van der Waals surface area contributed by atoms with Crippen molar-refractivity contribution in [3.05, 3.63) is 60.3 Å². The van der Waals surface area contributed by atoms with Crippen molar-refractivity contribution in [3.8, 4) is 0 Å². The standard InChI is InChI=1S/C20H19F4N3/c1-13-9-15(26-8-6-14(21)11-26)12-27(10-13)18-5-4-17(20(22,23)24)19-16(18)3-2-7-25-19/h2-8,11,13,15H,9-10,12H2,1H3/t13-,15+/m0/s1. The molecule has 0 radical (unpaired) electrons. The molecule has 7 heteroatoms. The normalized spacial score (nSPS) is 21.0. The van der Waals surface area contributed by atoms with E-state index in [9.17, 15) is 17.6 Å². The van der Waals surface area contributed by atoms with Crippen LogP contribution in [0.5, 0.6) is 0 Å². The van der Waals surface area contributed by atoms with Gasteiger partial charge in [-0.15, -0.1) is 0 Å². The van der Waals surface area contributed by atoms with Gasteiger partial charge in [-0.2, -0.15) is 13.2 Å². The van der Waals surface area contributed by atoms with Crippen LogP contribution >= 0.6 is 0 Å². The Morgan fingerprint density at radius 2 is 1.93 bits per heavy atom. The zero-order valence-corrected chi connectivity index (χ0v) is 14.7. The third-order valence-corrected chi connectivity index (χ3v) is 5.13. The predicted molar refractivity (Wildman–Crippen MR) is 96.2 cm³/mol. The van der Waals surface area contributed by atoms with Gasteiger partial charge in [-0.1, -0.05) is 6.92 Å². The highest BCUT2D eigenvalue weighted by Gasteiger charge is 2.34. The molecule has 0 spiro atoms. The zero-order valence-electron chi connectivity index (χ0n) is 14.7. The van der Waals surface area contributed by atoms with Crippen LogP contribution < -0.4 is 4.90 Å². The van der Waals surface area contributed by atoms with E-state index >= 15 is 0 Å². The van der Waals surface area contributed by atoms with E-state index < -0.39 is 11.7 Å². The summed E-state index contributed by atoms with van der Waals surface area (Å²) >= 11 is 0. The molecule has 0 N–H and O–H groups in total. The summed E-state index contributed by atoms with van der Waals surface area (Å²) in [4.78, 5) is 6.09. The Balaban J connectivity index is 1.75. The monoisotopic (exact) mass is 377 g/mol. The number of hydrogen-bond donors (Lipinski definition) is 0. The molecule has 0 saturated carbocycles. The maximum absolute atomic E-state index is 13.4. The molecular formula is C20H19F4N3. The molecule has 0 bridgehead atoms. The number of nitrogens with zero attached hydrogens (tertiary/aromatic N) is 3. The van der Waals surface area contributed by atoms with Gasteiger partial charge in [-0.25, -0.2) is 4.39 Å². The Morgan fingerprint density at radius 3 is 2.63 bits per heavy atom. The number of anilines is 1. The van der Waals surface area contributed by atoms with Crippen LogP contribution in [-0.2, 0) is 6.18 Å². The first-order valence-electron chi connectivity index (χ1n) is 8.86. The highest BCUT2D eigenvalue weighted by atomic mass is 19.4. The summed E-state index contributed by atoms with van der Waals surface area (Å²) in [6.45, 7) is 3.44. The van der Waals surface area contributed by atoms with Gasteiger partial charge in [-0.3, -0.25) is 4.98 Å². The molecule has 1 saturated heterocycles. The van der Waals surface area contributed by atoms with Crippen molar-refractivity contribution in [1.29, 1.82) is 0 Å². The molecule has 1 aromatic carbocycles. The van der Waals surface area contributed by atoms with Gasteiger partial charge >= 0.3 is 6.18 Å². The summed E-state index contributed by atoms with van der Waals surface area (Å²) in [5.41, 5.74) is -0.0319. The van der Waals surface area contributed by atoms with Gasteiger partial charge in [0.25, 0.3) is 0 Å². The molecule has 2 atom stereocenters. The first-order chi connectivity index (χ1) is 12.8.